The van der Waals surface area contributed by atoms with E-state index >= 15 is 0 Å². The molecule has 6 fully saturated rings. The topological polar surface area (TPSA) is 215 Å². The number of hydrogen-bond acceptors (Lipinski definition) is 8. The molecule has 4 amide bonds. The number of nitrogens with one attached hydrogen (secondary N) is 4. The summed E-state index contributed by atoms with van der Waals surface area (Å²) in [5.74, 6) is 8.15. The van der Waals surface area contributed by atoms with E-state index in [4.69, 9.17) is 19.4 Å². The zero-order valence-corrected chi connectivity index (χ0v) is 34.2. The van der Waals surface area contributed by atoms with Gasteiger partial charge in [-0.2, -0.15) is 0 Å². The molecule has 8 atom stereocenters. The van der Waals surface area contributed by atoms with Crippen LogP contribution in [0, 0.1) is 35.5 Å². The molecule has 10 rings (SSSR count). The van der Waals surface area contributed by atoms with Crippen LogP contribution in [0.4, 0.5) is 9.59 Å². The molecule has 2 aromatic carbocycles. The number of carbonyl (C=O) groups is 4. The minimum Gasteiger partial charge on any atom is -0.465 e. The molecule has 322 valence electrons. The summed E-state index contributed by atoms with van der Waals surface area (Å²) in [5, 5.41) is 24.3. The van der Waals surface area contributed by atoms with Crippen molar-refractivity contribution in [3.8, 4) is 34.4 Å². The molecule has 6 heterocycles. The Morgan fingerprint density at radius 1 is 0.613 bits per heavy atom. The number of amides is 4. The van der Waals surface area contributed by atoms with E-state index < -0.39 is 24.3 Å². The van der Waals surface area contributed by atoms with Crippen LogP contribution in [0.5, 0.6) is 0 Å². The van der Waals surface area contributed by atoms with Gasteiger partial charge < -0.3 is 50.1 Å². The summed E-state index contributed by atoms with van der Waals surface area (Å²) in [6.07, 6.45) is 7.18. The van der Waals surface area contributed by atoms with Crippen molar-refractivity contribution < 1.29 is 38.9 Å². The Kier molecular flexibility index (Phi) is 10.7. The maximum atomic E-state index is 14.0. The van der Waals surface area contributed by atoms with Gasteiger partial charge in [0.2, 0.25) is 11.8 Å². The Morgan fingerprint density at radius 2 is 1.00 bits per heavy atom. The van der Waals surface area contributed by atoms with E-state index in [0.29, 0.717) is 75.6 Å². The van der Waals surface area contributed by atoms with E-state index in [2.05, 4.69) is 32.4 Å². The number of hydrogen-bond donors (Lipinski definition) is 6. The van der Waals surface area contributed by atoms with Gasteiger partial charge in [-0.25, -0.2) is 19.6 Å². The van der Waals surface area contributed by atoms with Gasteiger partial charge in [-0.3, -0.25) is 9.59 Å². The van der Waals surface area contributed by atoms with E-state index in [1.807, 2.05) is 58.3 Å². The number of fused-ring (bicyclic) bond motifs is 2. The van der Waals surface area contributed by atoms with Crippen LogP contribution in [-0.2, 0) is 19.1 Å². The van der Waals surface area contributed by atoms with Gasteiger partial charge in [-0.1, -0.05) is 36.1 Å². The van der Waals surface area contributed by atoms with Crippen LogP contribution < -0.4 is 10.6 Å². The summed E-state index contributed by atoms with van der Waals surface area (Å²) >= 11 is 0. The van der Waals surface area contributed by atoms with Crippen molar-refractivity contribution in [2.75, 3.05) is 26.4 Å². The molecule has 2 unspecified atom stereocenters. The summed E-state index contributed by atoms with van der Waals surface area (Å²) < 4.78 is 11.0. The zero-order chi connectivity index (χ0) is 42.5. The second-order valence-electron chi connectivity index (χ2n) is 17.6. The first kappa shape index (κ1) is 39.9. The van der Waals surface area contributed by atoms with Crippen LogP contribution in [0.2, 0.25) is 0 Å². The average molecular weight is 843 g/mol. The fourth-order valence-corrected chi connectivity index (χ4v) is 10.4. The number of aromatic nitrogens is 4. The Bertz CT molecular complexity index is 2230. The van der Waals surface area contributed by atoms with Crippen LogP contribution in [0.1, 0.15) is 86.2 Å². The van der Waals surface area contributed by atoms with E-state index in [9.17, 15) is 29.4 Å². The Hall–Kier alpha value is -6.18. The first-order valence-electron chi connectivity index (χ1n) is 21.8. The van der Waals surface area contributed by atoms with Crippen LogP contribution in [0.3, 0.4) is 0 Å². The summed E-state index contributed by atoms with van der Waals surface area (Å²) in [6.45, 7) is 2.07. The van der Waals surface area contributed by atoms with Crippen LogP contribution in [-0.4, -0.2) is 115 Å². The van der Waals surface area contributed by atoms with Gasteiger partial charge in [0, 0.05) is 49.6 Å². The van der Waals surface area contributed by atoms with Crippen molar-refractivity contribution in [2.24, 2.45) is 23.7 Å². The number of aromatic amines is 2. The molecule has 6 aliphatic rings. The van der Waals surface area contributed by atoms with Crippen LogP contribution in [0.25, 0.3) is 22.5 Å². The zero-order valence-electron chi connectivity index (χ0n) is 34.2. The number of nitrogens with zero attached hydrogens (tertiary/aromatic N) is 4. The fourth-order valence-electron chi connectivity index (χ4n) is 10.4. The van der Waals surface area contributed by atoms with Gasteiger partial charge in [-0.05, 0) is 110 Å². The monoisotopic (exact) mass is 842 g/mol. The minimum absolute atomic E-state index is 0.107. The second-order valence-corrected chi connectivity index (χ2v) is 17.6. The van der Waals surface area contributed by atoms with Crippen molar-refractivity contribution >= 4 is 24.0 Å². The van der Waals surface area contributed by atoms with Crippen molar-refractivity contribution in [3.05, 3.63) is 83.7 Å². The molecule has 6 N–H and O–H groups in total. The number of imidazole rings is 2. The number of carboxylic acid groups (broad SMARTS) is 2. The van der Waals surface area contributed by atoms with E-state index in [0.717, 1.165) is 59.3 Å². The maximum Gasteiger partial charge on any atom is 0.405 e. The summed E-state index contributed by atoms with van der Waals surface area (Å²) in [7, 11) is 0. The lowest BCUT2D eigenvalue weighted by molar-refractivity contribution is -0.138. The largest absolute Gasteiger partial charge is 0.465 e. The smallest absolute Gasteiger partial charge is 0.405 e. The minimum atomic E-state index is -1.19. The van der Waals surface area contributed by atoms with E-state index in [1.165, 1.54) is 0 Å². The maximum absolute atomic E-state index is 14.0. The number of likely N-dealkylation sites (tertiary alicyclic amines) is 2. The first-order valence-corrected chi connectivity index (χ1v) is 21.8. The Balaban J connectivity index is 0.780. The number of carbonyl (C=O) groups excluding carboxylic acids is 2. The third-order valence-electron chi connectivity index (χ3n) is 13.8. The molecule has 0 spiro atoms. The molecule has 2 aromatic heterocycles. The SMILES string of the molecule is O=C(O)N[C@@H](C(=O)N1C2C[C@@H]2C[C@H]1c1ncc(-c2ccc(C#Cc3ccc(-c4cnc([C@@H]5C[C@H]6CC6N5C(=O)[C@H](NC(=O)O)C5CCOCC5)[nH]4)cc3)cc2)[nH]1)C1CCOCC1. The van der Waals surface area contributed by atoms with Gasteiger partial charge in [0.25, 0.3) is 0 Å². The van der Waals surface area contributed by atoms with Gasteiger partial charge >= 0.3 is 12.2 Å². The van der Waals surface area contributed by atoms with Crippen molar-refractivity contribution in [3.63, 3.8) is 0 Å². The highest BCUT2D eigenvalue weighted by Gasteiger charge is 2.58. The van der Waals surface area contributed by atoms with E-state index in [1.54, 1.807) is 12.4 Å². The molecular formula is C46H50N8O8. The third kappa shape index (κ3) is 8.02. The lowest BCUT2D eigenvalue weighted by Crippen LogP contribution is -2.53. The fraction of sp³-hybridized carbons (Fsp3) is 0.478. The highest BCUT2D eigenvalue weighted by atomic mass is 16.5. The van der Waals surface area contributed by atoms with Gasteiger partial charge in [0.05, 0.1) is 35.9 Å². The number of ether oxygens (including phenoxy) is 2. The normalized spacial score (nSPS) is 26.4. The predicted octanol–water partition coefficient (Wildman–Crippen LogP) is 5.32. The Morgan fingerprint density at radius 3 is 1.37 bits per heavy atom. The molecule has 4 aromatic rings. The predicted molar refractivity (Wildman–Crippen MR) is 223 cm³/mol. The number of piperidine rings is 2. The number of H-pyrrole nitrogens is 2. The molecular weight excluding hydrogens is 793 g/mol. The van der Waals surface area contributed by atoms with E-state index in [-0.39, 0.29) is 47.8 Å². The summed E-state index contributed by atoms with van der Waals surface area (Å²) in [5.41, 5.74) is 5.22. The van der Waals surface area contributed by atoms with Crippen LogP contribution in [0.15, 0.2) is 60.9 Å². The summed E-state index contributed by atoms with van der Waals surface area (Å²) in [4.78, 5) is 71.6. The molecule has 2 aliphatic carbocycles. The van der Waals surface area contributed by atoms with Crippen molar-refractivity contribution in [1.82, 2.24) is 40.4 Å². The van der Waals surface area contributed by atoms with Gasteiger partial charge in [-0.15, -0.1) is 0 Å². The quantitative estimate of drug-likeness (QED) is 0.113. The molecule has 0 bridgehead atoms. The van der Waals surface area contributed by atoms with Crippen molar-refractivity contribution in [2.45, 2.75) is 87.6 Å². The molecule has 16 heteroatoms. The molecule has 4 saturated heterocycles. The van der Waals surface area contributed by atoms with Gasteiger partial charge in [0.15, 0.2) is 0 Å². The molecule has 4 aliphatic heterocycles. The lowest BCUT2D eigenvalue weighted by Gasteiger charge is -2.35. The number of rotatable bonds is 10. The van der Waals surface area contributed by atoms with Crippen molar-refractivity contribution in [1.29, 1.82) is 0 Å². The molecule has 16 nitrogen and oxygen atoms in total. The molecule has 0 radical (unpaired) electrons. The summed E-state index contributed by atoms with van der Waals surface area (Å²) in [6, 6.07) is 13.9. The molecule has 62 heavy (non-hydrogen) atoms. The lowest BCUT2D eigenvalue weighted by atomic mass is 9.90. The third-order valence-corrected chi connectivity index (χ3v) is 13.8. The first-order chi connectivity index (χ1) is 30.2. The Labute approximate surface area is 358 Å². The highest BCUT2D eigenvalue weighted by Crippen LogP contribution is 2.54. The van der Waals surface area contributed by atoms with Crippen LogP contribution >= 0.6 is 0 Å². The number of benzene rings is 2. The standard InChI is InChI=1S/C46H50N8O8/c55-43(39(51-45(57)58)29-11-15-61-16-12-29)53-35-19-31(35)21-37(53)41-47-23-33(49-41)27-7-3-25(4-8-27)1-2-26-5-9-28(10-6-26)34-24-48-42(50-34)38-22-32-20-36(32)54(38)44(56)40(52-46(59)60)30-13-17-62-18-14-30/h3-10,23-24,29-32,35-40,51-52H,11-22H2,(H,47,49)(H,48,50)(H,57,58)(H,59,60)/t31-,32-,35?,36?,37+,38+,39-,40-/m1/s1. The molecule has 2 saturated carbocycles. The van der Waals surface area contributed by atoms with Gasteiger partial charge in [0.1, 0.15) is 23.7 Å². The highest BCUT2D eigenvalue weighted by molar-refractivity contribution is 5.88. The second kappa shape index (κ2) is 16.6. The average Bonchev–Trinajstić information content (AvgIpc) is 3.87.